The van der Waals surface area contributed by atoms with Gasteiger partial charge in [0.15, 0.2) is 0 Å². The van der Waals surface area contributed by atoms with Crippen LogP contribution >= 0.6 is 0 Å². The van der Waals surface area contributed by atoms with Crippen molar-refractivity contribution in [3.05, 3.63) is 71.7 Å². The van der Waals surface area contributed by atoms with Gasteiger partial charge in [0.2, 0.25) is 0 Å². The minimum Gasteiger partial charge on any atom is -0.396 e. The molecule has 1 atom stereocenters. The number of imidazole rings is 1. The number of aliphatic hydroxyl groups excluding tert-OH is 1. The molecular weight excluding hydrogens is 290 g/mol. The first kappa shape index (κ1) is 15.2. The lowest BCUT2D eigenvalue weighted by molar-refractivity contribution is 0.0924. The maximum atomic E-state index is 12.6. The maximum absolute atomic E-state index is 12.6. The van der Waals surface area contributed by atoms with Gasteiger partial charge in [0.05, 0.1) is 12.2 Å². The molecule has 5 heteroatoms. The van der Waals surface area contributed by atoms with Gasteiger partial charge in [-0.05, 0) is 30.5 Å². The average molecular weight is 309 g/mol. The van der Waals surface area contributed by atoms with Gasteiger partial charge in [-0.25, -0.2) is 4.98 Å². The first-order valence-electron chi connectivity index (χ1n) is 7.59. The number of aromatic nitrogens is 2. The molecular formula is C18H19N3O2. The summed E-state index contributed by atoms with van der Waals surface area (Å²) in [7, 11) is 0. The molecule has 0 aliphatic rings. The van der Waals surface area contributed by atoms with Gasteiger partial charge >= 0.3 is 0 Å². The Kier molecular flexibility index (Phi) is 4.39. The normalized spacial score (nSPS) is 12.3. The lowest BCUT2D eigenvalue weighted by atomic mass is 10.0. The number of hydrogen-bond acceptors (Lipinski definition) is 3. The molecule has 0 saturated heterocycles. The molecule has 1 aromatic carbocycles. The largest absolute Gasteiger partial charge is 0.396 e. The minimum absolute atomic E-state index is 0.00605. The van der Waals surface area contributed by atoms with Crippen LogP contribution in [0.2, 0.25) is 0 Å². The van der Waals surface area contributed by atoms with E-state index in [1.165, 1.54) is 0 Å². The van der Waals surface area contributed by atoms with Crippen LogP contribution in [0.1, 0.15) is 34.1 Å². The number of hydrogen-bond donors (Lipinski definition) is 2. The quantitative estimate of drug-likeness (QED) is 0.761. The molecule has 3 rings (SSSR count). The van der Waals surface area contributed by atoms with Crippen molar-refractivity contribution in [3.8, 4) is 0 Å². The molecule has 3 aromatic rings. The van der Waals surface area contributed by atoms with E-state index in [1.807, 2.05) is 55.6 Å². The zero-order valence-corrected chi connectivity index (χ0v) is 12.9. The average Bonchev–Trinajstić information content (AvgIpc) is 2.98. The second-order valence-electron chi connectivity index (χ2n) is 5.53. The van der Waals surface area contributed by atoms with Crippen molar-refractivity contribution >= 4 is 11.6 Å². The zero-order valence-electron chi connectivity index (χ0n) is 12.9. The van der Waals surface area contributed by atoms with Crippen LogP contribution in [0.25, 0.3) is 5.65 Å². The lowest BCUT2D eigenvalue weighted by Gasteiger charge is -2.18. The lowest BCUT2D eigenvalue weighted by Crippen LogP contribution is -2.30. The third-order valence-corrected chi connectivity index (χ3v) is 3.81. The number of aliphatic hydroxyl groups is 1. The Balaban J connectivity index is 1.87. The molecule has 2 aromatic heterocycles. The Morgan fingerprint density at radius 3 is 2.78 bits per heavy atom. The van der Waals surface area contributed by atoms with Crippen LogP contribution in [-0.2, 0) is 0 Å². The Hall–Kier alpha value is -2.66. The van der Waals surface area contributed by atoms with Crippen molar-refractivity contribution < 1.29 is 9.90 Å². The third-order valence-electron chi connectivity index (χ3n) is 3.81. The third kappa shape index (κ3) is 3.24. The molecule has 0 aliphatic carbocycles. The molecule has 0 bridgehead atoms. The summed E-state index contributed by atoms with van der Waals surface area (Å²) in [5.41, 5.74) is 3.25. The number of carbonyl (C=O) groups excluding carboxylic acids is 1. The number of aryl methyl sites for hydroxylation is 1. The van der Waals surface area contributed by atoms with Crippen LogP contribution in [0.5, 0.6) is 0 Å². The van der Waals surface area contributed by atoms with E-state index in [0.717, 1.165) is 16.8 Å². The molecule has 1 amide bonds. The number of fused-ring (bicyclic) bond motifs is 1. The summed E-state index contributed by atoms with van der Waals surface area (Å²) >= 11 is 0. The van der Waals surface area contributed by atoms with Crippen LogP contribution in [-0.4, -0.2) is 27.0 Å². The summed E-state index contributed by atoms with van der Waals surface area (Å²) in [6, 6.07) is 13.3. The second kappa shape index (κ2) is 6.62. The predicted octanol–water partition coefficient (Wildman–Crippen LogP) is 2.50. The Morgan fingerprint density at radius 1 is 1.26 bits per heavy atom. The number of benzene rings is 1. The number of nitrogens with one attached hydrogen (secondary N) is 1. The Morgan fingerprint density at radius 2 is 2.04 bits per heavy atom. The summed E-state index contributed by atoms with van der Waals surface area (Å²) in [5.74, 6) is -0.203. The van der Waals surface area contributed by atoms with Crippen molar-refractivity contribution in [2.75, 3.05) is 6.61 Å². The summed E-state index contributed by atoms with van der Waals surface area (Å²) in [6.45, 7) is 1.98. The second-order valence-corrected chi connectivity index (χ2v) is 5.53. The van der Waals surface area contributed by atoms with Crippen LogP contribution < -0.4 is 5.32 Å². The molecule has 0 fully saturated rings. The van der Waals surface area contributed by atoms with Crippen molar-refractivity contribution in [1.82, 2.24) is 14.7 Å². The highest BCUT2D eigenvalue weighted by atomic mass is 16.3. The summed E-state index contributed by atoms with van der Waals surface area (Å²) in [5, 5.41) is 12.3. The van der Waals surface area contributed by atoms with E-state index >= 15 is 0 Å². The standard InChI is InChI=1S/C18H19N3O2/c1-13-7-8-17-19-11-16(21(17)12-13)18(23)20-15(9-10-22)14-5-3-2-4-6-14/h2-8,11-12,15,22H,9-10H2,1H3,(H,20,23). The van der Waals surface area contributed by atoms with E-state index in [-0.39, 0.29) is 18.6 Å². The van der Waals surface area contributed by atoms with E-state index in [4.69, 9.17) is 0 Å². The molecule has 118 valence electrons. The van der Waals surface area contributed by atoms with Gasteiger partial charge in [-0.3, -0.25) is 9.20 Å². The molecule has 1 unspecified atom stereocenters. The van der Waals surface area contributed by atoms with E-state index in [0.29, 0.717) is 12.1 Å². The minimum atomic E-state index is -0.232. The fourth-order valence-corrected chi connectivity index (χ4v) is 2.62. The predicted molar refractivity (Wildman–Crippen MR) is 88.3 cm³/mol. The molecule has 0 aliphatic heterocycles. The molecule has 2 heterocycles. The van der Waals surface area contributed by atoms with E-state index < -0.39 is 0 Å². The number of pyridine rings is 1. The number of nitrogens with zero attached hydrogens (tertiary/aromatic N) is 2. The van der Waals surface area contributed by atoms with Crippen LogP contribution in [0.4, 0.5) is 0 Å². The number of rotatable bonds is 5. The number of carbonyl (C=O) groups is 1. The fraction of sp³-hybridized carbons (Fsp3) is 0.222. The summed E-state index contributed by atoms with van der Waals surface area (Å²) in [6.07, 6.45) is 3.93. The highest BCUT2D eigenvalue weighted by molar-refractivity contribution is 5.93. The van der Waals surface area contributed by atoms with Crippen LogP contribution in [0.3, 0.4) is 0 Å². The van der Waals surface area contributed by atoms with Crippen molar-refractivity contribution in [2.45, 2.75) is 19.4 Å². The van der Waals surface area contributed by atoms with Crippen molar-refractivity contribution in [2.24, 2.45) is 0 Å². The van der Waals surface area contributed by atoms with E-state index in [1.54, 1.807) is 10.6 Å². The molecule has 0 saturated carbocycles. The van der Waals surface area contributed by atoms with Gasteiger partial charge in [-0.15, -0.1) is 0 Å². The smallest absolute Gasteiger partial charge is 0.270 e. The van der Waals surface area contributed by atoms with Gasteiger partial charge in [0, 0.05) is 12.8 Å². The first-order chi connectivity index (χ1) is 11.2. The van der Waals surface area contributed by atoms with Gasteiger partial charge in [-0.1, -0.05) is 36.4 Å². The fourth-order valence-electron chi connectivity index (χ4n) is 2.62. The van der Waals surface area contributed by atoms with Gasteiger partial charge in [0.25, 0.3) is 5.91 Å². The molecule has 0 spiro atoms. The maximum Gasteiger partial charge on any atom is 0.270 e. The SMILES string of the molecule is Cc1ccc2ncc(C(=O)NC(CCO)c3ccccc3)n2c1. The Labute approximate surface area is 134 Å². The van der Waals surface area contributed by atoms with Crippen molar-refractivity contribution in [1.29, 1.82) is 0 Å². The van der Waals surface area contributed by atoms with E-state index in [2.05, 4.69) is 10.3 Å². The van der Waals surface area contributed by atoms with Crippen LogP contribution in [0, 0.1) is 6.92 Å². The summed E-state index contributed by atoms with van der Waals surface area (Å²) < 4.78 is 1.78. The van der Waals surface area contributed by atoms with Gasteiger partial charge in [0.1, 0.15) is 11.3 Å². The molecule has 23 heavy (non-hydrogen) atoms. The van der Waals surface area contributed by atoms with Crippen LogP contribution in [0.15, 0.2) is 54.9 Å². The molecule has 2 N–H and O–H groups in total. The molecule has 5 nitrogen and oxygen atoms in total. The van der Waals surface area contributed by atoms with Crippen molar-refractivity contribution in [3.63, 3.8) is 0 Å². The zero-order chi connectivity index (χ0) is 16.2. The Bertz CT molecular complexity index is 812. The van der Waals surface area contributed by atoms with E-state index in [9.17, 15) is 9.90 Å². The van der Waals surface area contributed by atoms with Gasteiger partial charge in [-0.2, -0.15) is 0 Å². The topological polar surface area (TPSA) is 66.6 Å². The highest BCUT2D eigenvalue weighted by Crippen LogP contribution is 2.17. The first-order valence-corrected chi connectivity index (χ1v) is 7.59. The number of amides is 1. The highest BCUT2D eigenvalue weighted by Gasteiger charge is 2.18. The summed E-state index contributed by atoms with van der Waals surface area (Å²) in [4.78, 5) is 16.9. The van der Waals surface area contributed by atoms with Gasteiger partial charge < -0.3 is 10.4 Å². The molecule has 0 radical (unpaired) electrons. The monoisotopic (exact) mass is 309 g/mol.